The molecular formula is C33H47N3O6. The summed E-state index contributed by atoms with van der Waals surface area (Å²) < 4.78 is 12.4. The Morgan fingerprint density at radius 3 is 2.40 bits per heavy atom. The Bertz CT molecular complexity index is 1150. The molecule has 3 fully saturated rings. The monoisotopic (exact) mass is 581 g/mol. The number of carbonyl (C=O) groups excluding carboxylic acids is 3. The van der Waals surface area contributed by atoms with Crippen LogP contribution >= 0.6 is 0 Å². The molecule has 42 heavy (non-hydrogen) atoms. The summed E-state index contributed by atoms with van der Waals surface area (Å²) in [7, 11) is 0. The average Bonchev–Trinajstić information content (AvgIpc) is 3.55. The minimum Gasteiger partial charge on any atom is -0.465 e. The standard InChI is InChI=1S/C33H47N3O6/c1-6-10-11-12-23-41-31(40)27-26-29(38)36(21-13-22-37)28(33(26)19-18-32(27,5)42-33)30(39)35(20-7-2)25-16-14-24(15-17-25)34(8-3)9-4/h6-7,14-17,26-28,37H,1-2,8-13,18-23H2,3-5H3/t26-,27-,28?,32+,33?/m0/s1. The SMILES string of the molecule is C=CCCCCOC(=O)[C@@H]1[C@H]2C(=O)N(CCCO)C(C(=O)N(CC=C)c3ccc(N(CC)CC)cc3)C23CC[C@@]1(C)O3. The Hall–Kier alpha value is -3.17. The fourth-order valence-electron chi connectivity index (χ4n) is 7.23. The Morgan fingerprint density at radius 2 is 1.79 bits per heavy atom. The van der Waals surface area contributed by atoms with Gasteiger partial charge in [-0.15, -0.1) is 13.2 Å². The summed E-state index contributed by atoms with van der Waals surface area (Å²) in [5.74, 6) is -2.62. The number of aliphatic hydroxyl groups is 1. The second-order valence-corrected chi connectivity index (χ2v) is 11.7. The molecule has 2 bridgehead atoms. The van der Waals surface area contributed by atoms with Gasteiger partial charge in [0.25, 0.3) is 5.91 Å². The van der Waals surface area contributed by atoms with E-state index in [0.717, 1.165) is 31.6 Å². The molecule has 3 aliphatic heterocycles. The van der Waals surface area contributed by atoms with Gasteiger partial charge in [0.05, 0.1) is 18.1 Å². The van der Waals surface area contributed by atoms with E-state index < -0.39 is 35.0 Å². The minimum absolute atomic E-state index is 0.125. The maximum absolute atomic E-state index is 14.6. The first-order valence-electron chi connectivity index (χ1n) is 15.4. The molecule has 1 N–H and O–H groups in total. The Labute approximate surface area is 250 Å². The van der Waals surface area contributed by atoms with Gasteiger partial charge in [-0.25, -0.2) is 0 Å². The number of unbranched alkanes of at least 4 members (excludes halogenated alkanes) is 2. The normalized spacial score (nSPS) is 27.6. The van der Waals surface area contributed by atoms with E-state index in [4.69, 9.17) is 9.47 Å². The number of amides is 2. The van der Waals surface area contributed by atoms with Gasteiger partial charge in [-0.1, -0.05) is 12.2 Å². The maximum atomic E-state index is 14.6. The van der Waals surface area contributed by atoms with E-state index in [1.165, 1.54) is 0 Å². The van der Waals surface area contributed by atoms with Gasteiger partial charge in [0.2, 0.25) is 5.91 Å². The van der Waals surface area contributed by atoms with Crippen molar-refractivity contribution in [3.05, 3.63) is 49.6 Å². The van der Waals surface area contributed by atoms with Crippen molar-refractivity contribution in [1.29, 1.82) is 0 Å². The van der Waals surface area contributed by atoms with Crippen molar-refractivity contribution in [1.82, 2.24) is 4.90 Å². The molecule has 2 amide bonds. The minimum atomic E-state index is -1.15. The van der Waals surface area contributed by atoms with E-state index >= 15 is 0 Å². The number of ether oxygens (including phenoxy) is 2. The number of anilines is 2. The first-order chi connectivity index (χ1) is 20.2. The summed E-state index contributed by atoms with van der Waals surface area (Å²) in [5, 5.41) is 9.63. The number of carbonyl (C=O) groups is 3. The summed E-state index contributed by atoms with van der Waals surface area (Å²) in [6.07, 6.45) is 7.26. The Kier molecular flexibility index (Phi) is 10.1. The zero-order valence-electron chi connectivity index (χ0n) is 25.4. The molecule has 3 saturated heterocycles. The van der Waals surface area contributed by atoms with Crippen LogP contribution < -0.4 is 9.80 Å². The van der Waals surface area contributed by atoms with Crippen molar-refractivity contribution in [3.8, 4) is 0 Å². The van der Waals surface area contributed by atoms with Gasteiger partial charge in [0.15, 0.2) is 0 Å². The first kappa shape index (κ1) is 31.8. The molecule has 9 nitrogen and oxygen atoms in total. The van der Waals surface area contributed by atoms with Crippen LogP contribution in [0.25, 0.3) is 0 Å². The number of nitrogens with zero attached hydrogens (tertiary/aromatic N) is 3. The Balaban J connectivity index is 1.67. The zero-order chi connectivity index (χ0) is 30.5. The van der Waals surface area contributed by atoms with Crippen LogP contribution in [0.1, 0.15) is 59.3 Å². The molecule has 1 aromatic rings. The lowest BCUT2D eigenvalue weighted by Crippen LogP contribution is -2.56. The van der Waals surface area contributed by atoms with Crippen LogP contribution in [-0.2, 0) is 23.9 Å². The highest BCUT2D eigenvalue weighted by Gasteiger charge is 2.78. The fourth-order valence-corrected chi connectivity index (χ4v) is 7.23. The molecule has 1 spiro atoms. The number of esters is 1. The highest BCUT2D eigenvalue weighted by atomic mass is 16.6. The lowest BCUT2D eigenvalue weighted by atomic mass is 9.66. The lowest BCUT2D eigenvalue weighted by Gasteiger charge is -2.37. The summed E-state index contributed by atoms with van der Waals surface area (Å²) >= 11 is 0. The topological polar surface area (TPSA) is 99.6 Å². The number of fused-ring (bicyclic) bond motifs is 1. The van der Waals surface area contributed by atoms with E-state index in [9.17, 15) is 19.5 Å². The molecule has 4 rings (SSSR count). The van der Waals surface area contributed by atoms with E-state index in [1.807, 2.05) is 37.3 Å². The van der Waals surface area contributed by atoms with Gasteiger partial charge in [0.1, 0.15) is 17.6 Å². The van der Waals surface area contributed by atoms with Crippen LogP contribution in [0.2, 0.25) is 0 Å². The second-order valence-electron chi connectivity index (χ2n) is 11.7. The molecule has 1 aromatic carbocycles. The summed E-state index contributed by atoms with van der Waals surface area (Å²) in [5.41, 5.74) is -0.287. The van der Waals surface area contributed by atoms with Gasteiger partial charge < -0.3 is 29.3 Å². The molecule has 3 heterocycles. The molecule has 230 valence electrons. The summed E-state index contributed by atoms with van der Waals surface area (Å²) in [4.78, 5) is 47.6. The van der Waals surface area contributed by atoms with E-state index in [-0.39, 0.29) is 38.1 Å². The number of aliphatic hydroxyl groups excluding tert-OH is 1. The first-order valence-corrected chi connectivity index (χ1v) is 15.4. The molecule has 2 unspecified atom stereocenters. The molecular weight excluding hydrogens is 534 g/mol. The van der Waals surface area contributed by atoms with Gasteiger partial charge >= 0.3 is 5.97 Å². The lowest BCUT2D eigenvalue weighted by molar-refractivity contribution is -0.159. The van der Waals surface area contributed by atoms with Crippen LogP contribution in [0.15, 0.2) is 49.6 Å². The number of allylic oxidation sites excluding steroid dienone is 1. The molecule has 0 saturated carbocycles. The van der Waals surface area contributed by atoms with Crippen molar-refractivity contribution in [3.63, 3.8) is 0 Å². The number of hydrogen-bond donors (Lipinski definition) is 1. The zero-order valence-corrected chi connectivity index (χ0v) is 25.4. The number of likely N-dealkylation sites (tertiary alicyclic amines) is 1. The van der Waals surface area contributed by atoms with Crippen LogP contribution in [0.3, 0.4) is 0 Å². The molecule has 0 aliphatic carbocycles. The van der Waals surface area contributed by atoms with Gasteiger partial charge in [-0.2, -0.15) is 0 Å². The van der Waals surface area contributed by atoms with Crippen molar-refractivity contribution in [2.24, 2.45) is 11.8 Å². The molecule has 3 aliphatic rings. The summed E-state index contributed by atoms with van der Waals surface area (Å²) in [6.45, 7) is 16.0. The van der Waals surface area contributed by atoms with Crippen molar-refractivity contribution in [2.75, 3.05) is 49.2 Å². The number of benzene rings is 1. The second kappa shape index (κ2) is 13.4. The van der Waals surface area contributed by atoms with Crippen molar-refractivity contribution >= 4 is 29.2 Å². The highest BCUT2D eigenvalue weighted by molar-refractivity contribution is 6.05. The third-order valence-electron chi connectivity index (χ3n) is 9.24. The van der Waals surface area contributed by atoms with E-state index in [1.54, 1.807) is 15.9 Å². The third kappa shape index (κ3) is 5.61. The predicted octanol–water partition coefficient (Wildman–Crippen LogP) is 4.10. The maximum Gasteiger partial charge on any atom is 0.312 e. The Morgan fingerprint density at radius 1 is 1.10 bits per heavy atom. The quantitative estimate of drug-likeness (QED) is 0.178. The van der Waals surface area contributed by atoms with E-state index in [0.29, 0.717) is 31.4 Å². The number of rotatable bonds is 16. The van der Waals surface area contributed by atoms with Crippen LogP contribution in [0, 0.1) is 11.8 Å². The molecule has 9 heteroatoms. The van der Waals surface area contributed by atoms with Gasteiger partial charge in [-0.05, 0) is 83.6 Å². The van der Waals surface area contributed by atoms with E-state index in [2.05, 4.69) is 31.9 Å². The number of hydrogen-bond acceptors (Lipinski definition) is 7. The van der Waals surface area contributed by atoms with Gasteiger partial charge in [0, 0.05) is 44.2 Å². The smallest absolute Gasteiger partial charge is 0.312 e. The van der Waals surface area contributed by atoms with Crippen LogP contribution in [-0.4, -0.2) is 84.4 Å². The molecule has 0 radical (unpaired) electrons. The predicted molar refractivity (Wildman–Crippen MR) is 163 cm³/mol. The summed E-state index contributed by atoms with van der Waals surface area (Å²) in [6, 6.07) is 6.89. The molecule has 0 aromatic heterocycles. The third-order valence-corrected chi connectivity index (χ3v) is 9.24. The molecule has 5 atom stereocenters. The van der Waals surface area contributed by atoms with Crippen molar-refractivity contribution < 1.29 is 29.0 Å². The average molecular weight is 582 g/mol. The fraction of sp³-hybridized carbons (Fsp3) is 0.606. The van der Waals surface area contributed by atoms with Crippen LogP contribution in [0.5, 0.6) is 0 Å². The largest absolute Gasteiger partial charge is 0.465 e. The van der Waals surface area contributed by atoms with Crippen LogP contribution in [0.4, 0.5) is 11.4 Å². The highest BCUT2D eigenvalue weighted by Crippen LogP contribution is 2.63. The van der Waals surface area contributed by atoms with Crippen molar-refractivity contribution in [2.45, 2.75) is 76.5 Å². The van der Waals surface area contributed by atoms with Gasteiger partial charge in [-0.3, -0.25) is 14.4 Å².